The number of carbonyl (C=O) groups excluding carboxylic acids is 1. The molecule has 5 nitrogen and oxygen atoms in total. The molecule has 1 N–H and O–H groups in total. The molecule has 128 valence electrons. The van der Waals surface area contributed by atoms with Crippen LogP contribution in [0.5, 0.6) is 0 Å². The fraction of sp³-hybridized carbons (Fsp3) is 0.278. The summed E-state index contributed by atoms with van der Waals surface area (Å²) in [5.41, 5.74) is 2.20. The molecule has 1 aromatic carbocycles. The Morgan fingerprint density at radius 1 is 1.32 bits per heavy atom. The quantitative estimate of drug-likeness (QED) is 0.742. The lowest BCUT2D eigenvalue weighted by atomic mass is 10.0. The number of aryl methyl sites for hydroxylation is 3. The zero-order chi connectivity index (χ0) is 17.6. The Morgan fingerprint density at radius 3 is 2.92 bits per heavy atom. The molecule has 1 aliphatic carbocycles. The van der Waals surface area contributed by atoms with Crippen molar-refractivity contribution in [3.05, 3.63) is 61.5 Å². The average molecular weight is 374 g/mol. The molecule has 0 atom stereocenters. The van der Waals surface area contributed by atoms with Gasteiger partial charge in [0.1, 0.15) is 5.56 Å². The maximum atomic E-state index is 12.9. The molecule has 7 heteroatoms. The summed E-state index contributed by atoms with van der Waals surface area (Å²) in [4.78, 5) is 31.6. The number of aromatic nitrogens is 2. The largest absolute Gasteiger partial charge is 0.320 e. The Hall–Kier alpha value is -2.18. The minimum absolute atomic E-state index is 0.0281. The lowest BCUT2D eigenvalue weighted by Gasteiger charge is -2.11. The van der Waals surface area contributed by atoms with Crippen LogP contribution in [0.2, 0.25) is 5.02 Å². The molecule has 0 radical (unpaired) electrons. The molecule has 2 heterocycles. The van der Waals surface area contributed by atoms with E-state index in [2.05, 4.69) is 10.3 Å². The summed E-state index contributed by atoms with van der Waals surface area (Å²) in [7, 11) is 0. The van der Waals surface area contributed by atoms with Crippen molar-refractivity contribution >= 4 is 39.5 Å². The van der Waals surface area contributed by atoms with Crippen LogP contribution in [0.25, 0.3) is 4.96 Å². The van der Waals surface area contributed by atoms with Gasteiger partial charge in [0.05, 0.1) is 10.7 Å². The van der Waals surface area contributed by atoms with Gasteiger partial charge in [-0.25, -0.2) is 4.98 Å². The van der Waals surface area contributed by atoms with Crippen LogP contribution in [0.3, 0.4) is 0 Å². The summed E-state index contributed by atoms with van der Waals surface area (Å²) in [6.45, 7) is 1.92. The Kier molecular flexibility index (Phi) is 4.09. The van der Waals surface area contributed by atoms with Gasteiger partial charge in [0, 0.05) is 16.8 Å². The summed E-state index contributed by atoms with van der Waals surface area (Å²) in [6.07, 6.45) is 5.38. The van der Waals surface area contributed by atoms with Crippen LogP contribution in [0.4, 0.5) is 5.69 Å². The molecular formula is C18H16ClN3O2S. The van der Waals surface area contributed by atoms with E-state index in [0.29, 0.717) is 15.7 Å². The van der Waals surface area contributed by atoms with Gasteiger partial charge >= 0.3 is 0 Å². The Balaban J connectivity index is 1.75. The molecule has 0 fully saturated rings. The molecular weight excluding hydrogens is 358 g/mol. The smallest absolute Gasteiger partial charge is 0.271 e. The second-order valence-corrected chi connectivity index (χ2v) is 7.68. The second-order valence-electron chi connectivity index (χ2n) is 6.21. The first-order valence-electron chi connectivity index (χ1n) is 8.14. The van der Waals surface area contributed by atoms with Crippen molar-refractivity contribution < 1.29 is 4.79 Å². The van der Waals surface area contributed by atoms with E-state index in [1.54, 1.807) is 27.9 Å². The van der Waals surface area contributed by atoms with E-state index in [1.165, 1.54) is 11.1 Å². The van der Waals surface area contributed by atoms with Crippen molar-refractivity contribution in [1.82, 2.24) is 9.38 Å². The molecule has 1 amide bonds. The van der Waals surface area contributed by atoms with Crippen molar-refractivity contribution in [2.24, 2.45) is 0 Å². The molecule has 1 aliphatic rings. The van der Waals surface area contributed by atoms with Crippen molar-refractivity contribution in [3.63, 3.8) is 0 Å². The minimum Gasteiger partial charge on any atom is -0.320 e. The van der Waals surface area contributed by atoms with Gasteiger partial charge in [-0.05, 0) is 50.3 Å². The van der Waals surface area contributed by atoms with Crippen LogP contribution >= 0.6 is 22.9 Å². The van der Waals surface area contributed by atoms with Crippen molar-refractivity contribution in [2.75, 3.05) is 5.32 Å². The lowest BCUT2D eigenvalue weighted by Crippen LogP contribution is -2.27. The maximum absolute atomic E-state index is 12.9. The number of amides is 1. The van der Waals surface area contributed by atoms with Gasteiger partial charge in [0.2, 0.25) is 0 Å². The Labute approximate surface area is 153 Å². The second kappa shape index (κ2) is 6.28. The summed E-state index contributed by atoms with van der Waals surface area (Å²) < 4.78 is 1.60. The van der Waals surface area contributed by atoms with Crippen molar-refractivity contribution in [2.45, 2.75) is 32.6 Å². The third-order valence-electron chi connectivity index (χ3n) is 4.42. The molecule has 0 spiro atoms. The van der Waals surface area contributed by atoms with Gasteiger partial charge in [0.15, 0.2) is 4.96 Å². The standard InChI is InChI=1S/C18H16ClN3O2S/c1-10-6-7-13(12(19)8-10)21-16(23)11-9-20-18-22(17(11)24)14-4-2-3-5-15(14)25-18/h6-9H,2-5H2,1H3,(H,21,23). The van der Waals surface area contributed by atoms with Crippen molar-refractivity contribution in [3.8, 4) is 0 Å². The molecule has 0 saturated heterocycles. The van der Waals surface area contributed by atoms with E-state index < -0.39 is 5.91 Å². The molecule has 0 unspecified atom stereocenters. The van der Waals surface area contributed by atoms with Gasteiger partial charge in [-0.3, -0.25) is 14.0 Å². The molecule has 25 heavy (non-hydrogen) atoms. The van der Waals surface area contributed by atoms with E-state index in [9.17, 15) is 9.59 Å². The third-order valence-corrected chi connectivity index (χ3v) is 5.89. The zero-order valence-corrected chi connectivity index (χ0v) is 15.2. The number of carbonyl (C=O) groups is 1. The van der Waals surface area contributed by atoms with Crippen molar-refractivity contribution in [1.29, 1.82) is 0 Å². The molecule has 3 aromatic rings. The van der Waals surface area contributed by atoms with Crippen LogP contribution < -0.4 is 10.9 Å². The number of hydrogen-bond acceptors (Lipinski definition) is 4. The number of benzene rings is 1. The number of anilines is 1. The topological polar surface area (TPSA) is 63.5 Å². The van der Waals surface area contributed by atoms with Crippen LogP contribution in [0, 0.1) is 6.92 Å². The number of thiazole rings is 1. The van der Waals surface area contributed by atoms with Gasteiger partial charge in [0.25, 0.3) is 11.5 Å². The van der Waals surface area contributed by atoms with E-state index in [0.717, 1.165) is 36.9 Å². The van der Waals surface area contributed by atoms with Gasteiger partial charge < -0.3 is 5.32 Å². The first kappa shape index (κ1) is 16.3. The lowest BCUT2D eigenvalue weighted by molar-refractivity contribution is 0.102. The third kappa shape index (κ3) is 2.85. The normalized spacial score (nSPS) is 13.7. The minimum atomic E-state index is -0.492. The Morgan fingerprint density at radius 2 is 2.12 bits per heavy atom. The molecule has 2 aromatic heterocycles. The molecule has 0 aliphatic heterocycles. The fourth-order valence-corrected chi connectivity index (χ4v) is 4.59. The summed E-state index contributed by atoms with van der Waals surface area (Å²) >= 11 is 7.70. The van der Waals surface area contributed by atoms with E-state index in [-0.39, 0.29) is 11.1 Å². The molecule has 0 saturated carbocycles. The van der Waals surface area contributed by atoms with Crippen LogP contribution in [0.15, 0.2) is 29.2 Å². The number of halogens is 1. The highest BCUT2D eigenvalue weighted by molar-refractivity contribution is 7.17. The SMILES string of the molecule is Cc1ccc(NC(=O)c2cnc3sc4c(n3c2=O)CCCC4)c(Cl)c1. The van der Waals surface area contributed by atoms with Crippen LogP contribution in [-0.4, -0.2) is 15.3 Å². The first-order valence-corrected chi connectivity index (χ1v) is 9.34. The predicted molar refractivity (Wildman–Crippen MR) is 100 cm³/mol. The highest BCUT2D eigenvalue weighted by Crippen LogP contribution is 2.28. The monoisotopic (exact) mass is 373 g/mol. The number of hydrogen-bond donors (Lipinski definition) is 1. The zero-order valence-electron chi connectivity index (χ0n) is 13.6. The number of fused-ring (bicyclic) bond motifs is 3. The Bertz CT molecular complexity index is 1050. The van der Waals surface area contributed by atoms with Gasteiger partial charge in [-0.1, -0.05) is 17.7 Å². The van der Waals surface area contributed by atoms with E-state index in [1.807, 2.05) is 13.0 Å². The van der Waals surface area contributed by atoms with Gasteiger partial charge in [-0.15, -0.1) is 11.3 Å². The molecule has 0 bridgehead atoms. The maximum Gasteiger partial charge on any atom is 0.271 e. The number of rotatable bonds is 2. The number of nitrogens with one attached hydrogen (secondary N) is 1. The number of nitrogens with zero attached hydrogens (tertiary/aromatic N) is 2. The predicted octanol–water partition coefficient (Wildman–Crippen LogP) is 3.85. The highest BCUT2D eigenvalue weighted by atomic mass is 35.5. The summed E-state index contributed by atoms with van der Waals surface area (Å²) in [5.74, 6) is -0.492. The summed E-state index contributed by atoms with van der Waals surface area (Å²) in [6, 6.07) is 5.34. The summed E-state index contributed by atoms with van der Waals surface area (Å²) in [5, 5.41) is 3.15. The average Bonchev–Trinajstić information content (AvgIpc) is 2.97. The van der Waals surface area contributed by atoms with Gasteiger partial charge in [-0.2, -0.15) is 0 Å². The first-order chi connectivity index (χ1) is 12.0. The van der Waals surface area contributed by atoms with E-state index >= 15 is 0 Å². The van der Waals surface area contributed by atoms with Crippen LogP contribution in [-0.2, 0) is 12.8 Å². The highest BCUT2D eigenvalue weighted by Gasteiger charge is 2.21. The fourth-order valence-electron chi connectivity index (χ4n) is 3.14. The van der Waals surface area contributed by atoms with E-state index in [4.69, 9.17) is 11.6 Å². The van der Waals surface area contributed by atoms with Crippen LogP contribution in [0.1, 0.15) is 39.3 Å². The molecule has 4 rings (SSSR count).